The lowest BCUT2D eigenvalue weighted by molar-refractivity contribution is -0.169. The van der Waals surface area contributed by atoms with Crippen molar-refractivity contribution in [1.29, 1.82) is 0 Å². The van der Waals surface area contributed by atoms with Crippen molar-refractivity contribution in [3.8, 4) is 0 Å². The standard InChI is InChI=1S/C8H17N2O5P/c1-8(2)13-6(5-11)7(14-8)15-16(12)9-3-4-10-16/h6-7,11H,3-5H2,1-2H3,(H2,9,10,12). The average molecular weight is 252 g/mol. The summed E-state index contributed by atoms with van der Waals surface area (Å²) >= 11 is 0. The second-order valence-corrected chi connectivity index (χ2v) is 6.14. The van der Waals surface area contributed by atoms with Crippen molar-refractivity contribution < 1.29 is 23.7 Å². The maximum absolute atomic E-state index is 12.0. The fourth-order valence-electron chi connectivity index (χ4n) is 1.70. The summed E-state index contributed by atoms with van der Waals surface area (Å²) in [6.07, 6.45) is -1.45. The first-order chi connectivity index (χ1) is 7.44. The Balaban J connectivity index is 2.01. The predicted octanol–water partition coefficient (Wildman–Crippen LogP) is -0.226. The first-order valence-corrected chi connectivity index (χ1v) is 6.82. The molecule has 2 saturated heterocycles. The average Bonchev–Trinajstić information content (AvgIpc) is 2.70. The van der Waals surface area contributed by atoms with E-state index in [0.29, 0.717) is 13.1 Å². The summed E-state index contributed by atoms with van der Waals surface area (Å²) in [4.78, 5) is 0. The molecule has 7 nitrogen and oxygen atoms in total. The number of hydrogen-bond acceptors (Lipinski definition) is 5. The monoisotopic (exact) mass is 252 g/mol. The van der Waals surface area contributed by atoms with E-state index in [1.54, 1.807) is 13.8 Å². The van der Waals surface area contributed by atoms with Crippen molar-refractivity contribution in [2.45, 2.75) is 32.0 Å². The molecule has 94 valence electrons. The van der Waals surface area contributed by atoms with Crippen LogP contribution in [0.15, 0.2) is 0 Å². The number of hydrogen-bond donors (Lipinski definition) is 3. The third-order valence-corrected chi connectivity index (χ3v) is 4.12. The summed E-state index contributed by atoms with van der Waals surface area (Å²) in [5.41, 5.74) is 0. The molecule has 3 N–H and O–H groups in total. The Morgan fingerprint density at radius 3 is 2.62 bits per heavy atom. The Bertz CT molecular complexity index is 301. The van der Waals surface area contributed by atoms with Gasteiger partial charge in [-0.3, -0.25) is 9.09 Å². The Labute approximate surface area is 94.0 Å². The maximum Gasteiger partial charge on any atom is 0.343 e. The molecule has 0 radical (unpaired) electrons. The van der Waals surface area contributed by atoms with E-state index in [9.17, 15) is 4.57 Å². The van der Waals surface area contributed by atoms with Crippen LogP contribution in [-0.4, -0.2) is 43.0 Å². The molecule has 0 spiro atoms. The number of nitrogens with one attached hydrogen (secondary N) is 2. The molecule has 0 aliphatic carbocycles. The van der Waals surface area contributed by atoms with E-state index >= 15 is 0 Å². The van der Waals surface area contributed by atoms with Gasteiger partial charge in [0.2, 0.25) is 0 Å². The molecule has 2 rings (SSSR count). The van der Waals surface area contributed by atoms with Crippen LogP contribution in [0.4, 0.5) is 0 Å². The molecular weight excluding hydrogens is 235 g/mol. The molecule has 2 heterocycles. The van der Waals surface area contributed by atoms with Gasteiger partial charge in [-0.25, -0.2) is 10.2 Å². The molecular formula is C8H17N2O5P. The molecule has 2 aliphatic heterocycles. The van der Waals surface area contributed by atoms with Crippen LogP contribution in [0, 0.1) is 0 Å². The SMILES string of the molecule is CC1(C)OC(CO)C(OP2(=O)NCCN2)O1. The van der Waals surface area contributed by atoms with Gasteiger partial charge in [0, 0.05) is 13.1 Å². The zero-order chi connectivity index (χ0) is 11.8. The first-order valence-electron chi connectivity index (χ1n) is 5.19. The minimum absolute atomic E-state index is 0.242. The van der Waals surface area contributed by atoms with E-state index in [2.05, 4.69) is 10.2 Å². The van der Waals surface area contributed by atoms with Crippen molar-refractivity contribution in [3.63, 3.8) is 0 Å². The highest BCUT2D eigenvalue weighted by Crippen LogP contribution is 2.44. The van der Waals surface area contributed by atoms with Crippen LogP contribution < -0.4 is 10.2 Å². The Morgan fingerprint density at radius 1 is 1.44 bits per heavy atom. The summed E-state index contributed by atoms with van der Waals surface area (Å²) < 4.78 is 28.1. The van der Waals surface area contributed by atoms with Gasteiger partial charge in [-0.05, 0) is 13.8 Å². The van der Waals surface area contributed by atoms with Crippen molar-refractivity contribution in [1.82, 2.24) is 10.2 Å². The topological polar surface area (TPSA) is 89.0 Å². The minimum atomic E-state index is -3.04. The van der Waals surface area contributed by atoms with Gasteiger partial charge in [-0.1, -0.05) is 0 Å². The van der Waals surface area contributed by atoms with E-state index in [1.807, 2.05) is 0 Å². The van der Waals surface area contributed by atoms with Crippen molar-refractivity contribution >= 4 is 7.67 Å². The smallest absolute Gasteiger partial charge is 0.343 e. The molecule has 0 saturated carbocycles. The van der Waals surface area contributed by atoms with E-state index in [1.165, 1.54) is 0 Å². The molecule has 0 amide bonds. The summed E-state index contributed by atoms with van der Waals surface area (Å²) in [6.45, 7) is 4.35. The molecule has 2 unspecified atom stereocenters. The molecule has 0 aromatic carbocycles. The minimum Gasteiger partial charge on any atom is -0.393 e. The Hall–Kier alpha value is -0.0100. The van der Waals surface area contributed by atoms with Crippen LogP contribution in [0.1, 0.15) is 13.8 Å². The third-order valence-electron chi connectivity index (χ3n) is 2.34. The molecule has 2 atom stereocenters. The lowest BCUT2D eigenvalue weighted by Crippen LogP contribution is -2.30. The largest absolute Gasteiger partial charge is 0.393 e. The van der Waals surface area contributed by atoms with Gasteiger partial charge in [0.1, 0.15) is 6.10 Å². The highest BCUT2D eigenvalue weighted by Gasteiger charge is 2.45. The third kappa shape index (κ3) is 2.62. The summed E-state index contributed by atoms with van der Waals surface area (Å²) in [7, 11) is -3.04. The zero-order valence-corrected chi connectivity index (χ0v) is 10.2. The second-order valence-electron chi connectivity index (χ2n) is 4.20. The van der Waals surface area contributed by atoms with Crippen LogP contribution >= 0.6 is 7.67 Å². The fraction of sp³-hybridized carbons (Fsp3) is 1.00. The highest BCUT2D eigenvalue weighted by atomic mass is 31.2. The van der Waals surface area contributed by atoms with Crippen LogP contribution in [0.5, 0.6) is 0 Å². The van der Waals surface area contributed by atoms with Crippen molar-refractivity contribution in [2.24, 2.45) is 0 Å². The van der Waals surface area contributed by atoms with Crippen LogP contribution in [-0.2, 0) is 18.6 Å². The predicted molar refractivity (Wildman–Crippen MR) is 55.6 cm³/mol. The molecule has 0 bridgehead atoms. The number of rotatable bonds is 3. The van der Waals surface area contributed by atoms with Crippen molar-refractivity contribution in [2.75, 3.05) is 19.7 Å². The quantitative estimate of drug-likeness (QED) is 0.598. The number of aliphatic hydroxyl groups is 1. The lowest BCUT2D eigenvalue weighted by Gasteiger charge is -2.20. The molecule has 0 aromatic heterocycles. The number of ether oxygens (including phenoxy) is 2. The second kappa shape index (κ2) is 4.34. The normalized spacial score (nSPS) is 36.7. The number of aliphatic hydroxyl groups excluding tert-OH is 1. The van der Waals surface area contributed by atoms with Gasteiger partial charge in [0.15, 0.2) is 12.1 Å². The van der Waals surface area contributed by atoms with E-state index in [4.69, 9.17) is 19.1 Å². The summed E-state index contributed by atoms with van der Waals surface area (Å²) in [5, 5.41) is 14.6. The molecule has 0 aromatic rings. The summed E-state index contributed by atoms with van der Waals surface area (Å²) in [5.74, 6) is -0.836. The van der Waals surface area contributed by atoms with Gasteiger partial charge >= 0.3 is 7.67 Å². The van der Waals surface area contributed by atoms with E-state index < -0.39 is 25.9 Å². The van der Waals surface area contributed by atoms with Gasteiger partial charge in [-0.2, -0.15) is 0 Å². The van der Waals surface area contributed by atoms with E-state index in [-0.39, 0.29) is 6.61 Å². The van der Waals surface area contributed by atoms with Gasteiger partial charge in [-0.15, -0.1) is 0 Å². The Morgan fingerprint density at radius 2 is 2.06 bits per heavy atom. The molecule has 16 heavy (non-hydrogen) atoms. The van der Waals surface area contributed by atoms with Crippen LogP contribution in [0.25, 0.3) is 0 Å². The Kier molecular flexibility index (Phi) is 3.38. The van der Waals surface area contributed by atoms with Gasteiger partial charge < -0.3 is 14.6 Å². The van der Waals surface area contributed by atoms with Crippen LogP contribution in [0.3, 0.4) is 0 Å². The molecule has 2 aliphatic rings. The van der Waals surface area contributed by atoms with Crippen molar-refractivity contribution in [3.05, 3.63) is 0 Å². The van der Waals surface area contributed by atoms with Crippen LogP contribution in [0.2, 0.25) is 0 Å². The lowest BCUT2D eigenvalue weighted by atomic mass is 10.4. The van der Waals surface area contributed by atoms with E-state index in [0.717, 1.165) is 0 Å². The summed E-state index contributed by atoms with van der Waals surface area (Å²) in [6, 6.07) is 0. The molecule has 2 fully saturated rings. The van der Waals surface area contributed by atoms with Gasteiger partial charge in [0.25, 0.3) is 0 Å². The first kappa shape index (κ1) is 12.4. The molecule has 8 heteroatoms. The fourth-order valence-corrected chi connectivity index (χ4v) is 3.24. The zero-order valence-electron chi connectivity index (χ0n) is 9.30. The highest BCUT2D eigenvalue weighted by molar-refractivity contribution is 7.55. The van der Waals surface area contributed by atoms with Gasteiger partial charge in [0.05, 0.1) is 6.61 Å². The maximum atomic E-state index is 12.0.